The Labute approximate surface area is 204 Å². The second-order valence-electron chi connectivity index (χ2n) is 8.26. The number of nitrogens with zero attached hydrogens (tertiary/aromatic N) is 4. The number of halogens is 2. The summed E-state index contributed by atoms with van der Waals surface area (Å²) < 4.78 is 16.6. The topological polar surface area (TPSA) is 31.3 Å². The van der Waals surface area contributed by atoms with Crippen LogP contribution in [-0.2, 0) is 4.74 Å². The van der Waals surface area contributed by atoms with Crippen LogP contribution >= 0.6 is 30.6 Å². The molecule has 0 bridgehead atoms. The van der Waals surface area contributed by atoms with Crippen molar-refractivity contribution in [2.45, 2.75) is 52.6 Å². The molecule has 5 nitrogen and oxygen atoms in total. The molecular weight excluding hydrogens is 462 g/mol. The van der Waals surface area contributed by atoms with Crippen LogP contribution in [0.15, 0.2) is 34.7 Å². The van der Waals surface area contributed by atoms with Crippen LogP contribution < -0.4 is 0 Å². The van der Waals surface area contributed by atoms with Crippen LogP contribution in [0.2, 0.25) is 10.0 Å². The van der Waals surface area contributed by atoms with E-state index in [0.717, 1.165) is 71.0 Å². The van der Waals surface area contributed by atoms with Gasteiger partial charge < -0.3 is 9.64 Å². The van der Waals surface area contributed by atoms with Gasteiger partial charge in [0.15, 0.2) is 0 Å². The molecule has 8 heteroatoms. The summed E-state index contributed by atoms with van der Waals surface area (Å²) in [5.41, 5.74) is 2.64. The predicted molar refractivity (Wildman–Crippen MR) is 139 cm³/mol. The van der Waals surface area contributed by atoms with Gasteiger partial charge in [0, 0.05) is 50.0 Å². The first-order chi connectivity index (χ1) is 15.5. The number of ether oxygens (including phenoxy) is 1. The quantitative estimate of drug-likeness (QED) is 0.338. The highest BCUT2D eigenvalue weighted by atomic mass is 35.5. The summed E-state index contributed by atoms with van der Waals surface area (Å²) in [5.74, 6) is 0. The monoisotopic (exact) mass is 500 g/mol. The number of benzene rings is 1. The lowest BCUT2D eigenvalue weighted by molar-refractivity contribution is 0.0513. The van der Waals surface area contributed by atoms with Crippen molar-refractivity contribution in [3.8, 4) is 0 Å². The molecule has 1 atom stereocenters. The summed E-state index contributed by atoms with van der Waals surface area (Å²) >= 11 is 13.1. The van der Waals surface area contributed by atoms with Gasteiger partial charge in [-0.25, -0.2) is 4.74 Å². The van der Waals surface area contributed by atoms with Gasteiger partial charge in [-0.15, -0.1) is 0 Å². The fourth-order valence-corrected chi connectivity index (χ4v) is 10.4. The molecule has 0 radical (unpaired) electrons. The molecular formula is C24H39Cl2N4OP. The molecule has 1 fully saturated rings. The molecule has 3 rings (SSSR count). The molecule has 1 aromatic carbocycles. The zero-order valence-electron chi connectivity index (χ0n) is 20.1. The zero-order valence-corrected chi connectivity index (χ0v) is 22.5. The zero-order chi connectivity index (χ0) is 23.1. The van der Waals surface area contributed by atoms with Crippen LogP contribution in [-0.4, -0.2) is 72.4 Å². The highest BCUT2D eigenvalue weighted by Crippen LogP contribution is 2.66. The molecule has 0 spiro atoms. The molecule has 0 amide bonds. The normalized spacial score (nSPS) is 20.1. The van der Waals surface area contributed by atoms with Crippen molar-refractivity contribution in [3.05, 3.63) is 40.0 Å². The minimum absolute atomic E-state index is 0.351. The molecule has 1 heterocycles. The Hall–Kier alpha value is -0.550. The van der Waals surface area contributed by atoms with E-state index < -0.39 is 7.36 Å². The summed E-state index contributed by atoms with van der Waals surface area (Å²) in [7, 11) is -2.19. The lowest BCUT2D eigenvalue weighted by Gasteiger charge is -2.50. The molecule has 2 aliphatic rings. The van der Waals surface area contributed by atoms with Crippen LogP contribution in [0, 0.1) is 0 Å². The predicted octanol–water partition coefficient (Wildman–Crippen LogP) is 7.11. The maximum atomic E-state index is 6.70. The fraction of sp³-hybridized carbons (Fsp3) is 0.667. The Morgan fingerprint density at radius 1 is 1.03 bits per heavy atom. The highest BCUT2D eigenvalue weighted by molar-refractivity contribution is 7.62. The van der Waals surface area contributed by atoms with Gasteiger partial charge in [-0.1, -0.05) is 57.0 Å². The van der Waals surface area contributed by atoms with Gasteiger partial charge in [0.25, 0.3) is 0 Å². The van der Waals surface area contributed by atoms with Crippen molar-refractivity contribution in [1.82, 2.24) is 14.2 Å². The standard InChI is InChI=1S/C24H39Cl2N4OP/c1-5-29(6-2)32(30(7-3)8-4,27-22-19-20(25)13-14-21(22)26)24-12-10-9-11-23(24)28-15-17-31-18-16-28/h11,13-14,19,24H,5-10,12,15-18H2,1-4H3/t24-/m0/s1. The average Bonchev–Trinajstić information content (AvgIpc) is 2.83. The largest absolute Gasteiger partial charge is 0.378 e. The summed E-state index contributed by atoms with van der Waals surface area (Å²) in [4.78, 5) is 2.56. The maximum absolute atomic E-state index is 6.70. The third-order valence-electron chi connectivity index (χ3n) is 6.63. The van der Waals surface area contributed by atoms with E-state index in [9.17, 15) is 0 Å². The third kappa shape index (κ3) is 5.40. The van der Waals surface area contributed by atoms with E-state index in [1.54, 1.807) is 0 Å². The molecule has 1 saturated heterocycles. The fourth-order valence-electron chi connectivity index (χ4n) is 5.13. The number of allylic oxidation sites excluding steroid dienone is 2. The Morgan fingerprint density at radius 2 is 1.66 bits per heavy atom. The van der Waals surface area contributed by atoms with E-state index in [4.69, 9.17) is 32.7 Å². The van der Waals surface area contributed by atoms with E-state index in [1.807, 2.05) is 18.2 Å². The molecule has 1 aromatic rings. The van der Waals surface area contributed by atoms with Crippen LogP contribution in [0.5, 0.6) is 0 Å². The summed E-state index contributed by atoms with van der Waals surface area (Å²) in [6.45, 7) is 16.4. The van der Waals surface area contributed by atoms with E-state index in [0.29, 0.717) is 15.7 Å². The van der Waals surface area contributed by atoms with E-state index in [1.165, 1.54) is 12.1 Å². The van der Waals surface area contributed by atoms with E-state index >= 15 is 0 Å². The molecule has 1 aliphatic carbocycles. The van der Waals surface area contributed by atoms with Crippen LogP contribution in [0.25, 0.3) is 0 Å². The first kappa shape index (κ1) is 26.1. The SMILES string of the molecule is CCN(CC)P(=Nc1cc(Cl)ccc1Cl)([C@H]1CCCC=C1N1CCOCC1)N(CC)CC. The third-order valence-corrected chi connectivity index (χ3v) is 11.8. The van der Waals surface area contributed by atoms with Crippen molar-refractivity contribution in [1.29, 1.82) is 0 Å². The maximum Gasteiger partial charge on any atom is 0.112 e. The second-order valence-corrected chi connectivity index (χ2v) is 12.3. The lowest BCUT2D eigenvalue weighted by atomic mass is 10.0. The molecule has 0 aromatic heterocycles. The molecule has 32 heavy (non-hydrogen) atoms. The second kappa shape index (κ2) is 12.2. The minimum atomic E-state index is -2.19. The van der Waals surface area contributed by atoms with Gasteiger partial charge in [-0.05, 0) is 37.5 Å². The summed E-state index contributed by atoms with van der Waals surface area (Å²) in [6, 6.07) is 5.66. The van der Waals surface area contributed by atoms with Gasteiger partial charge in [0.05, 0.1) is 29.6 Å². The first-order valence-corrected chi connectivity index (χ1v) is 14.6. The van der Waals surface area contributed by atoms with Crippen LogP contribution in [0.3, 0.4) is 0 Å². The van der Waals surface area contributed by atoms with Gasteiger partial charge >= 0.3 is 0 Å². The summed E-state index contributed by atoms with van der Waals surface area (Å²) in [5, 5.41) is 1.35. The Kier molecular flexibility index (Phi) is 9.97. The summed E-state index contributed by atoms with van der Waals surface area (Å²) in [6.07, 6.45) is 5.96. The van der Waals surface area contributed by atoms with Crippen molar-refractivity contribution in [3.63, 3.8) is 0 Å². The molecule has 0 unspecified atom stereocenters. The molecule has 180 valence electrons. The van der Waals surface area contributed by atoms with Gasteiger partial charge in [-0.3, -0.25) is 9.34 Å². The van der Waals surface area contributed by atoms with Crippen molar-refractivity contribution in [2.24, 2.45) is 4.74 Å². The molecule has 1 aliphatic heterocycles. The number of morpholine rings is 1. The number of rotatable bonds is 9. The smallest absolute Gasteiger partial charge is 0.112 e. The average molecular weight is 501 g/mol. The van der Waals surface area contributed by atoms with Crippen molar-refractivity contribution in [2.75, 3.05) is 52.5 Å². The van der Waals surface area contributed by atoms with Crippen molar-refractivity contribution < 1.29 is 4.74 Å². The molecule has 0 saturated carbocycles. The minimum Gasteiger partial charge on any atom is -0.378 e. The Morgan fingerprint density at radius 3 is 2.25 bits per heavy atom. The van der Waals surface area contributed by atoms with E-state index in [-0.39, 0.29) is 0 Å². The van der Waals surface area contributed by atoms with Gasteiger partial charge in [-0.2, -0.15) is 0 Å². The number of hydrogen-bond acceptors (Lipinski definition) is 3. The van der Waals surface area contributed by atoms with Crippen LogP contribution in [0.4, 0.5) is 5.69 Å². The Bertz CT molecular complexity index is 817. The Balaban J connectivity index is 2.28. The van der Waals surface area contributed by atoms with Crippen LogP contribution in [0.1, 0.15) is 47.0 Å². The van der Waals surface area contributed by atoms with Gasteiger partial charge in [0.1, 0.15) is 7.36 Å². The number of hydrogen-bond donors (Lipinski definition) is 0. The van der Waals surface area contributed by atoms with E-state index in [2.05, 4.69) is 48.0 Å². The van der Waals surface area contributed by atoms with Crippen molar-refractivity contribution >= 4 is 36.2 Å². The van der Waals surface area contributed by atoms with Gasteiger partial charge in [0.2, 0.25) is 0 Å². The lowest BCUT2D eigenvalue weighted by Crippen LogP contribution is -2.44. The molecule has 0 N–H and O–H groups in total. The highest BCUT2D eigenvalue weighted by Gasteiger charge is 2.43. The first-order valence-electron chi connectivity index (χ1n) is 12.1.